The van der Waals surface area contributed by atoms with E-state index in [1.54, 1.807) is 0 Å². The summed E-state index contributed by atoms with van der Waals surface area (Å²) in [6.45, 7) is 9.32. The van der Waals surface area contributed by atoms with Crippen LogP contribution in [0.5, 0.6) is 0 Å². The fourth-order valence-corrected chi connectivity index (χ4v) is 2.43. The number of carbonyl (C=O) groups is 1. The van der Waals surface area contributed by atoms with Crippen LogP contribution in [0.25, 0.3) is 0 Å². The second-order valence-corrected chi connectivity index (χ2v) is 5.87. The van der Waals surface area contributed by atoms with Gasteiger partial charge in [-0.2, -0.15) is 0 Å². The van der Waals surface area contributed by atoms with E-state index in [2.05, 4.69) is 37.8 Å². The lowest BCUT2D eigenvalue weighted by molar-refractivity contribution is -0.123. The summed E-state index contributed by atoms with van der Waals surface area (Å²) in [4.78, 5) is 13.6. The Hall–Kier alpha value is -1.09. The molecule has 1 unspecified atom stereocenters. The number of amides is 1. The average Bonchev–Trinajstić information content (AvgIpc) is 2.36. The molecule has 1 rings (SSSR count). The minimum Gasteiger partial charge on any atom is -0.369 e. The maximum absolute atomic E-state index is 11.2. The van der Waals surface area contributed by atoms with Gasteiger partial charge in [0.2, 0.25) is 5.91 Å². The van der Waals surface area contributed by atoms with Gasteiger partial charge in [-0.15, -0.1) is 0 Å². The number of hydrogen-bond donors (Lipinski definition) is 1. The number of rotatable bonds is 6. The SMILES string of the molecule is CC(C)=CCC/C(C)=C/CN1CCCC(C(N)=O)C1. The molecule has 0 spiro atoms. The van der Waals surface area contributed by atoms with Crippen molar-refractivity contribution in [1.82, 2.24) is 4.90 Å². The first-order valence-corrected chi connectivity index (χ1v) is 7.29. The van der Waals surface area contributed by atoms with Crippen molar-refractivity contribution in [3.8, 4) is 0 Å². The minimum absolute atomic E-state index is 0.0492. The molecule has 1 aliphatic heterocycles. The molecular formula is C16H28N2O. The molecule has 108 valence electrons. The van der Waals surface area contributed by atoms with E-state index >= 15 is 0 Å². The summed E-state index contributed by atoms with van der Waals surface area (Å²) in [5.74, 6) is -0.0953. The van der Waals surface area contributed by atoms with Crippen LogP contribution >= 0.6 is 0 Å². The van der Waals surface area contributed by atoms with Crippen molar-refractivity contribution >= 4 is 5.91 Å². The number of hydrogen-bond acceptors (Lipinski definition) is 2. The van der Waals surface area contributed by atoms with E-state index in [0.717, 1.165) is 45.3 Å². The molecule has 0 radical (unpaired) electrons. The van der Waals surface area contributed by atoms with Gasteiger partial charge >= 0.3 is 0 Å². The van der Waals surface area contributed by atoms with Crippen LogP contribution in [-0.2, 0) is 4.79 Å². The monoisotopic (exact) mass is 264 g/mol. The Balaban J connectivity index is 2.34. The summed E-state index contributed by atoms with van der Waals surface area (Å²) in [5.41, 5.74) is 8.20. The molecule has 1 amide bonds. The van der Waals surface area contributed by atoms with Crippen LogP contribution < -0.4 is 5.73 Å². The van der Waals surface area contributed by atoms with Crippen LogP contribution in [0.1, 0.15) is 46.5 Å². The smallest absolute Gasteiger partial charge is 0.221 e. The zero-order chi connectivity index (χ0) is 14.3. The normalized spacial score (nSPS) is 21.2. The highest BCUT2D eigenvalue weighted by atomic mass is 16.1. The maximum Gasteiger partial charge on any atom is 0.221 e. The van der Waals surface area contributed by atoms with Crippen molar-refractivity contribution < 1.29 is 4.79 Å². The van der Waals surface area contributed by atoms with Crippen LogP contribution in [0, 0.1) is 5.92 Å². The molecule has 2 N–H and O–H groups in total. The number of nitrogens with zero attached hydrogens (tertiary/aromatic N) is 1. The first-order chi connectivity index (χ1) is 8.99. The summed E-state index contributed by atoms with van der Waals surface area (Å²) in [6, 6.07) is 0. The Morgan fingerprint density at radius 1 is 1.32 bits per heavy atom. The van der Waals surface area contributed by atoms with Gasteiger partial charge in [-0.1, -0.05) is 23.3 Å². The molecule has 0 bridgehead atoms. The number of allylic oxidation sites excluding steroid dienone is 3. The second-order valence-electron chi connectivity index (χ2n) is 5.87. The summed E-state index contributed by atoms with van der Waals surface area (Å²) in [6.07, 6.45) is 8.85. The highest BCUT2D eigenvalue weighted by Gasteiger charge is 2.22. The van der Waals surface area contributed by atoms with Crippen molar-refractivity contribution in [3.05, 3.63) is 23.3 Å². The van der Waals surface area contributed by atoms with Gasteiger partial charge in [0.15, 0.2) is 0 Å². The molecule has 0 aromatic carbocycles. The fourth-order valence-electron chi connectivity index (χ4n) is 2.43. The molecule has 1 saturated heterocycles. The predicted octanol–water partition coefficient (Wildman–Crippen LogP) is 2.88. The van der Waals surface area contributed by atoms with Gasteiger partial charge in [0, 0.05) is 13.1 Å². The van der Waals surface area contributed by atoms with E-state index in [0.29, 0.717) is 0 Å². The molecule has 0 saturated carbocycles. The standard InChI is InChI=1S/C16H28N2O/c1-13(2)6-4-7-14(3)9-11-18-10-5-8-15(12-18)16(17)19/h6,9,15H,4-5,7-8,10-12H2,1-3H3,(H2,17,19)/b14-9+. The molecule has 19 heavy (non-hydrogen) atoms. The topological polar surface area (TPSA) is 46.3 Å². The van der Waals surface area contributed by atoms with E-state index in [9.17, 15) is 4.79 Å². The van der Waals surface area contributed by atoms with Crippen molar-refractivity contribution in [3.63, 3.8) is 0 Å². The van der Waals surface area contributed by atoms with Gasteiger partial charge < -0.3 is 5.73 Å². The predicted molar refractivity (Wildman–Crippen MR) is 80.8 cm³/mol. The van der Waals surface area contributed by atoms with Crippen molar-refractivity contribution in [2.45, 2.75) is 46.5 Å². The van der Waals surface area contributed by atoms with Crippen LogP contribution in [-0.4, -0.2) is 30.4 Å². The van der Waals surface area contributed by atoms with Gasteiger partial charge in [0.1, 0.15) is 0 Å². The Kier molecular flexibility index (Phi) is 6.85. The molecule has 0 aliphatic carbocycles. The van der Waals surface area contributed by atoms with Crippen molar-refractivity contribution in [1.29, 1.82) is 0 Å². The number of piperidine rings is 1. The number of likely N-dealkylation sites (tertiary alicyclic amines) is 1. The van der Waals surface area contributed by atoms with Crippen molar-refractivity contribution in [2.75, 3.05) is 19.6 Å². The van der Waals surface area contributed by atoms with E-state index in [1.807, 2.05) is 0 Å². The molecule has 0 aromatic heterocycles. The minimum atomic E-state index is -0.144. The third kappa shape index (κ3) is 6.58. The lowest BCUT2D eigenvalue weighted by Gasteiger charge is -2.30. The average molecular weight is 264 g/mol. The van der Waals surface area contributed by atoms with E-state index in [-0.39, 0.29) is 11.8 Å². The summed E-state index contributed by atoms with van der Waals surface area (Å²) < 4.78 is 0. The highest BCUT2D eigenvalue weighted by molar-refractivity contribution is 5.76. The summed E-state index contributed by atoms with van der Waals surface area (Å²) in [7, 11) is 0. The van der Waals surface area contributed by atoms with Gasteiger partial charge in [-0.3, -0.25) is 9.69 Å². The molecule has 3 heteroatoms. The molecular weight excluding hydrogens is 236 g/mol. The Bertz CT molecular complexity index is 354. The highest BCUT2D eigenvalue weighted by Crippen LogP contribution is 2.16. The Morgan fingerprint density at radius 3 is 2.68 bits per heavy atom. The lowest BCUT2D eigenvalue weighted by Crippen LogP contribution is -2.41. The van der Waals surface area contributed by atoms with Gasteiger partial charge in [-0.05, 0) is 53.0 Å². The van der Waals surface area contributed by atoms with Gasteiger partial charge in [-0.25, -0.2) is 0 Å². The number of carbonyl (C=O) groups excluding carboxylic acids is 1. The van der Waals surface area contributed by atoms with E-state index in [1.165, 1.54) is 11.1 Å². The third-order valence-electron chi connectivity index (χ3n) is 3.70. The summed E-state index contributed by atoms with van der Waals surface area (Å²) in [5, 5.41) is 0. The first-order valence-electron chi connectivity index (χ1n) is 7.29. The van der Waals surface area contributed by atoms with E-state index in [4.69, 9.17) is 5.73 Å². The first kappa shape index (κ1) is 16.0. The summed E-state index contributed by atoms with van der Waals surface area (Å²) >= 11 is 0. The molecule has 1 heterocycles. The molecule has 1 fully saturated rings. The molecule has 1 aliphatic rings. The van der Waals surface area contributed by atoms with Crippen molar-refractivity contribution in [2.24, 2.45) is 11.7 Å². The molecule has 0 aromatic rings. The van der Waals surface area contributed by atoms with Crippen LogP contribution in [0.15, 0.2) is 23.3 Å². The van der Waals surface area contributed by atoms with Crippen LogP contribution in [0.3, 0.4) is 0 Å². The largest absolute Gasteiger partial charge is 0.369 e. The van der Waals surface area contributed by atoms with Gasteiger partial charge in [0.25, 0.3) is 0 Å². The lowest BCUT2D eigenvalue weighted by atomic mass is 9.97. The number of primary amides is 1. The Labute approximate surface area is 117 Å². The maximum atomic E-state index is 11.2. The van der Waals surface area contributed by atoms with Gasteiger partial charge in [0.05, 0.1) is 5.92 Å². The zero-order valence-corrected chi connectivity index (χ0v) is 12.6. The van der Waals surface area contributed by atoms with E-state index < -0.39 is 0 Å². The molecule has 3 nitrogen and oxygen atoms in total. The molecule has 1 atom stereocenters. The second kappa shape index (κ2) is 8.16. The fraction of sp³-hybridized carbons (Fsp3) is 0.688. The zero-order valence-electron chi connectivity index (χ0n) is 12.6. The quantitative estimate of drug-likeness (QED) is 0.750. The third-order valence-corrected chi connectivity index (χ3v) is 3.70. The Morgan fingerprint density at radius 2 is 2.05 bits per heavy atom. The van der Waals surface area contributed by atoms with Crippen LogP contribution in [0.4, 0.5) is 0 Å². The number of nitrogens with two attached hydrogens (primary N) is 1. The van der Waals surface area contributed by atoms with Crippen LogP contribution in [0.2, 0.25) is 0 Å².